The third-order valence-electron chi connectivity index (χ3n) is 3.93. The Labute approximate surface area is 127 Å². The van der Waals surface area contributed by atoms with Gasteiger partial charge in [0, 0.05) is 19.5 Å². The van der Waals surface area contributed by atoms with E-state index in [9.17, 15) is 4.79 Å². The van der Waals surface area contributed by atoms with Gasteiger partial charge >= 0.3 is 0 Å². The van der Waals surface area contributed by atoms with Crippen LogP contribution < -0.4 is 15.4 Å². The van der Waals surface area contributed by atoms with Gasteiger partial charge in [-0.2, -0.15) is 0 Å². The predicted molar refractivity (Wildman–Crippen MR) is 84.6 cm³/mol. The average Bonchev–Trinajstić information content (AvgIpc) is 2.91. The van der Waals surface area contributed by atoms with Crippen LogP contribution in [0.3, 0.4) is 0 Å². The Morgan fingerprint density at radius 2 is 2.29 bits per heavy atom. The van der Waals surface area contributed by atoms with E-state index in [0.717, 1.165) is 25.1 Å². The van der Waals surface area contributed by atoms with E-state index in [2.05, 4.69) is 29.7 Å². The number of ether oxygens (including phenoxy) is 1. The SMILES string of the molecule is CCCNC1CCc2cc(OCCCC(=O)NC)ccc21. The van der Waals surface area contributed by atoms with Gasteiger partial charge in [-0.15, -0.1) is 0 Å². The molecule has 0 radical (unpaired) electrons. The summed E-state index contributed by atoms with van der Waals surface area (Å²) >= 11 is 0. The van der Waals surface area contributed by atoms with Crippen molar-refractivity contribution in [3.05, 3.63) is 29.3 Å². The molecule has 0 saturated carbocycles. The van der Waals surface area contributed by atoms with Crippen LogP contribution in [-0.2, 0) is 11.2 Å². The highest BCUT2D eigenvalue weighted by molar-refractivity contribution is 5.75. The molecule has 2 rings (SSSR count). The fourth-order valence-electron chi connectivity index (χ4n) is 2.76. The molecule has 1 aliphatic rings. The molecular formula is C17H26N2O2. The van der Waals surface area contributed by atoms with Gasteiger partial charge in [0.1, 0.15) is 5.75 Å². The van der Waals surface area contributed by atoms with Crippen LogP contribution in [0.2, 0.25) is 0 Å². The van der Waals surface area contributed by atoms with Gasteiger partial charge in [0.05, 0.1) is 6.61 Å². The fourth-order valence-corrected chi connectivity index (χ4v) is 2.76. The number of hydrogen-bond donors (Lipinski definition) is 2. The maximum Gasteiger partial charge on any atom is 0.219 e. The van der Waals surface area contributed by atoms with Gasteiger partial charge in [-0.05, 0) is 55.5 Å². The molecule has 0 heterocycles. The number of carbonyl (C=O) groups is 1. The molecular weight excluding hydrogens is 264 g/mol. The lowest BCUT2D eigenvalue weighted by molar-refractivity contribution is -0.120. The van der Waals surface area contributed by atoms with Crippen molar-refractivity contribution in [2.75, 3.05) is 20.2 Å². The number of carbonyl (C=O) groups excluding carboxylic acids is 1. The predicted octanol–water partition coefficient (Wildman–Crippen LogP) is 2.58. The van der Waals surface area contributed by atoms with E-state index in [-0.39, 0.29) is 5.91 Å². The second-order valence-electron chi connectivity index (χ2n) is 5.53. The number of benzene rings is 1. The molecule has 2 N–H and O–H groups in total. The summed E-state index contributed by atoms with van der Waals surface area (Å²) in [6, 6.07) is 6.89. The van der Waals surface area contributed by atoms with Gasteiger partial charge in [-0.1, -0.05) is 13.0 Å². The molecule has 1 atom stereocenters. The summed E-state index contributed by atoms with van der Waals surface area (Å²) in [6.45, 7) is 3.85. The van der Waals surface area contributed by atoms with Crippen LogP contribution in [0.1, 0.15) is 49.8 Å². The van der Waals surface area contributed by atoms with E-state index in [1.54, 1.807) is 7.05 Å². The molecule has 0 bridgehead atoms. The number of aryl methyl sites for hydroxylation is 1. The molecule has 116 valence electrons. The molecule has 1 aliphatic carbocycles. The molecule has 0 spiro atoms. The van der Waals surface area contributed by atoms with Crippen molar-refractivity contribution in [1.82, 2.24) is 10.6 Å². The first-order valence-electron chi connectivity index (χ1n) is 7.94. The molecule has 1 amide bonds. The molecule has 0 aliphatic heterocycles. The van der Waals surface area contributed by atoms with E-state index in [0.29, 0.717) is 19.1 Å². The molecule has 0 saturated heterocycles. The van der Waals surface area contributed by atoms with Gasteiger partial charge in [-0.3, -0.25) is 4.79 Å². The Morgan fingerprint density at radius 3 is 3.05 bits per heavy atom. The number of rotatable bonds is 8. The molecule has 4 nitrogen and oxygen atoms in total. The minimum Gasteiger partial charge on any atom is -0.494 e. The summed E-state index contributed by atoms with van der Waals surface area (Å²) in [5, 5.41) is 6.21. The highest BCUT2D eigenvalue weighted by Gasteiger charge is 2.21. The minimum absolute atomic E-state index is 0.0670. The first-order valence-corrected chi connectivity index (χ1v) is 7.94. The molecule has 21 heavy (non-hydrogen) atoms. The largest absolute Gasteiger partial charge is 0.494 e. The summed E-state index contributed by atoms with van der Waals surface area (Å²) in [4.78, 5) is 11.1. The first-order chi connectivity index (χ1) is 10.2. The zero-order chi connectivity index (χ0) is 15.1. The van der Waals surface area contributed by atoms with Gasteiger partial charge < -0.3 is 15.4 Å². The number of amides is 1. The number of nitrogens with one attached hydrogen (secondary N) is 2. The number of fused-ring (bicyclic) bond motifs is 1. The maximum absolute atomic E-state index is 11.1. The van der Waals surface area contributed by atoms with Crippen LogP contribution in [0.25, 0.3) is 0 Å². The summed E-state index contributed by atoms with van der Waals surface area (Å²) < 4.78 is 5.74. The van der Waals surface area contributed by atoms with Crippen molar-refractivity contribution in [3.63, 3.8) is 0 Å². The standard InChI is InChI=1S/C17H26N2O2/c1-3-10-19-16-9-6-13-12-14(7-8-15(13)16)21-11-4-5-17(20)18-2/h7-8,12,16,19H,3-6,9-11H2,1-2H3,(H,18,20). The lowest BCUT2D eigenvalue weighted by atomic mass is 10.1. The zero-order valence-electron chi connectivity index (χ0n) is 13.1. The van der Waals surface area contributed by atoms with E-state index >= 15 is 0 Å². The monoisotopic (exact) mass is 290 g/mol. The molecule has 1 unspecified atom stereocenters. The van der Waals surface area contributed by atoms with Crippen LogP contribution in [-0.4, -0.2) is 26.1 Å². The Hall–Kier alpha value is -1.55. The van der Waals surface area contributed by atoms with Crippen molar-refractivity contribution in [1.29, 1.82) is 0 Å². The lowest BCUT2D eigenvalue weighted by Crippen LogP contribution is -2.19. The normalized spacial score (nSPS) is 16.6. The third kappa shape index (κ3) is 4.46. The van der Waals surface area contributed by atoms with Crippen molar-refractivity contribution >= 4 is 5.91 Å². The quantitative estimate of drug-likeness (QED) is 0.724. The van der Waals surface area contributed by atoms with E-state index in [1.165, 1.54) is 24.0 Å². The first kappa shape index (κ1) is 15.8. The average molecular weight is 290 g/mol. The Bertz CT molecular complexity index is 474. The molecule has 1 aromatic rings. The Morgan fingerprint density at radius 1 is 1.43 bits per heavy atom. The van der Waals surface area contributed by atoms with Crippen molar-refractivity contribution in [2.45, 2.75) is 45.1 Å². The van der Waals surface area contributed by atoms with Gasteiger partial charge in [-0.25, -0.2) is 0 Å². The van der Waals surface area contributed by atoms with Crippen molar-refractivity contribution in [2.24, 2.45) is 0 Å². The van der Waals surface area contributed by atoms with Gasteiger partial charge in [0.15, 0.2) is 0 Å². The second-order valence-corrected chi connectivity index (χ2v) is 5.53. The van der Waals surface area contributed by atoms with E-state index < -0.39 is 0 Å². The summed E-state index contributed by atoms with van der Waals surface area (Å²) in [7, 11) is 1.66. The molecule has 0 aromatic heterocycles. The highest BCUT2D eigenvalue weighted by atomic mass is 16.5. The topological polar surface area (TPSA) is 50.4 Å². The second kappa shape index (κ2) is 8.03. The number of hydrogen-bond acceptors (Lipinski definition) is 3. The lowest BCUT2D eigenvalue weighted by Gasteiger charge is -2.14. The van der Waals surface area contributed by atoms with Crippen LogP contribution in [0.5, 0.6) is 5.75 Å². The summed E-state index contributed by atoms with van der Waals surface area (Å²) in [5.74, 6) is 0.985. The minimum atomic E-state index is 0.0670. The van der Waals surface area contributed by atoms with Gasteiger partial charge in [0.2, 0.25) is 5.91 Å². The molecule has 0 fully saturated rings. The van der Waals surface area contributed by atoms with Crippen molar-refractivity contribution < 1.29 is 9.53 Å². The Kier molecular flexibility index (Phi) is 6.05. The van der Waals surface area contributed by atoms with Crippen molar-refractivity contribution in [3.8, 4) is 5.75 Å². The Balaban J connectivity index is 1.83. The third-order valence-corrected chi connectivity index (χ3v) is 3.93. The van der Waals surface area contributed by atoms with Crippen LogP contribution in [0.15, 0.2) is 18.2 Å². The van der Waals surface area contributed by atoms with E-state index in [1.807, 2.05) is 6.07 Å². The smallest absolute Gasteiger partial charge is 0.219 e. The van der Waals surface area contributed by atoms with Crippen LogP contribution >= 0.6 is 0 Å². The van der Waals surface area contributed by atoms with Crippen LogP contribution in [0, 0.1) is 0 Å². The molecule has 4 heteroatoms. The van der Waals surface area contributed by atoms with E-state index in [4.69, 9.17) is 4.74 Å². The molecule has 1 aromatic carbocycles. The highest BCUT2D eigenvalue weighted by Crippen LogP contribution is 2.33. The maximum atomic E-state index is 11.1. The summed E-state index contributed by atoms with van der Waals surface area (Å²) in [6.07, 6.45) is 4.72. The zero-order valence-corrected chi connectivity index (χ0v) is 13.1. The summed E-state index contributed by atoms with van der Waals surface area (Å²) in [5.41, 5.74) is 2.81. The van der Waals surface area contributed by atoms with Crippen LogP contribution in [0.4, 0.5) is 0 Å². The fraction of sp³-hybridized carbons (Fsp3) is 0.588. The van der Waals surface area contributed by atoms with Gasteiger partial charge in [0.25, 0.3) is 0 Å².